The van der Waals surface area contributed by atoms with E-state index in [0.29, 0.717) is 12.8 Å². The lowest BCUT2D eigenvalue weighted by atomic mass is 9.97. The van der Waals surface area contributed by atoms with E-state index < -0.39 is 86.8 Å². The van der Waals surface area contributed by atoms with Crippen LogP contribution in [0.3, 0.4) is 0 Å². The zero-order chi connectivity index (χ0) is 71.5. The van der Waals surface area contributed by atoms with Crippen LogP contribution in [0.25, 0.3) is 0 Å². The molecule has 14 nitrogen and oxygen atoms in total. The van der Waals surface area contributed by atoms with E-state index in [-0.39, 0.29) is 12.5 Å². The lowest BCUT2D eigenvalue weighted by Gasteiger charge is -2.46. The second-order valence-corrected chi connectivity index (χ2v) is 29.2. The molecule has 0 spiro atoms. The summed E-state index contributed by atoms with van der Waals surface area (Å²) in [6.45, 7) is 2.81. The third-order valence-corrected chi connectivity index (χ3v) is 20.2. The molecule has 9 N–H and O–H groups in total. The van der Waals surface area contributed by atoms with Gasteiger partial charge in [0.05, 0.1) is 32.0 Å². The number of hydrogen-bond donors (Lipinski definition) is 9. The van der Waals surface area contributed by atoms with Gasteiger partial charge in [-0.2, -0.15) is 0 Å². The van der Waals surface area contributed by atoms with Gasteiger partial charge in [-0.15, -0.1) is 0 Å². The van der Waals surface area contributed by atoms with Crippen LogP contribution in [0.4, 0.5) is 0 Å². The highest BCUT2D eigenvalue weighted by Crippen LogP contribution is 2.30. The number of allylic oxidation sites excluding steroid dienone is 12. The number of carbonyl (C=O) groups excluding carboxylic acids is 1. The maximum Gasteiger partial charge on any atom is 0.220 e. The first kappa shape index (κ1) is 92.5. The minimum absolute atomic E-state index is 0.200. The predicted molar refractivity (Wildman–Crippen MR) is 410 cm³/mol. The topological polar surface area (TPSA) is 228 Å². The molecular weight excluding hydrogens is 1240 g/mol. The number of aliphatic hydroxyl groups is 8. The van der Waals surface area contributed by atoms with Gasteiger partial charge in [0.15, 0.2) is 12.6 Å². The van der Waals surface area contributed by atoms with Crippen molar-refractivity contribution in [3.05, 3.63) is 72.9 Å². The average molecular weight is 1400 g/mol. The number of nitrogens with one attached hydrogen (secondary N) is 1. The van der Waals surface area contributed by atoms with Gasteiger partial charge >= 0.3 is 0 Å². The lowest BCUT2D eigenvalue weighted by molar-refractivity contribution is -0.359. The smallest absolute Gasteiger partial charge is 0.220 e. The summed E-state index contributed by atoms with van der Waals surface area (Å²) in [5.41, 5.74) is 0. The third kappa shape index (κ3) is 51.3. The van der Waals surface area contributed by atoms with E-state index in [1.54, 1.807) is 0 Å². The van der Waals surface area contributed by atoms with Gasteiger partial charge < -0.3 is 65.1 Å². The molecule has 12 unspecified atom stereocenters. The summed E-state index contributed by atoms with van der Waals surface area (Å²) in [7, 11) is 0. The van der Waals surface area contributed by atoms with Crippen LogP contribution >= 0.6 is 0 Å². The largest absolute Gasteiger partial charge is 0.394 e. The molecule has 0 bridgehead atoms. The highest BCUT2D eigenvalue weighted by molar-refractivity contribution is 5.76. The molecule has 99 heavy (non-hydrogen) atoms. The Bertz CT molecular complexity index is 1940. The van der Waals surface area contributed by atoms with Crippen LogP contribution in [-0.2, 0) is 23.7 Å². The van der Waals surface area contributed by atoms with E-state index in [9.17, 15) is 45.6 Å². The molecule has 0 radical (unpaired) electrons. The van der Waals surface area contributed by atoms with Gasteiger partial charge in [-0.05, 0) is 64.2 Å². The highest BCUT2D eigenvalue weighted by Gasteiger charge is 2.51. The second kappa shape index (κ2) is 68.5. The van der Waals surface area contributed by atoms with Crippen molar-refractivity contribution in [2.75, 3.05) is 19.8 Å². The number of aliphatic hydroxyl groups excluding tert-OH is 8. The van der Waals surface area contributed by atoms with Gasteiger partial charge in [0, 0.05) is 6.42 Å². The average Bonchev–Trinajstić information content (AvgIpc) is 0.794. The Balaban J connectivity index is 1.57. The van der Waals surface area contributed by atoms with Crippen LogP contribution in [0.1, 0.15) is 367 Å². The highest BCUT2D eigenvalue weighted by atomic mass is 16.7. The summed E-state index contributed by atoms with van der Waals surface area (Å²) in [5, 5.41) is 87.9. The van der Waals surface area contributed by atoms with E-state index in [1.807, 2.05) is 0 Å². The Morgan fingerprint density at radius 1 is 0.374 bits per heavy atom. The molecule has 0 saturated carbocycles. The number of rotatable bonds is 70. The quantitative estimate of drug-likeness (QED) is 0.0204. The molecule has 2 fully saturated rings. The van der Waals surface area contributed by atoms with E-state index >= 15 is 0 Å². The summed E-state index contributed by atoms with van der Waals surface area (Å²) in [6.07, 6.45) is 78.0. The standard InChI is InChI=1S/C85H155NO13/c1-3-5-7-9-11-13-15-17-19-21-23-25-27-29-31-32-33-34-35-36-37-38-39-40-41-42-43-45-47-49-51-53-55-57-59-61-63-65-67-69-77(90)86-73(72-96-84-82(95)80(93)83(76(71-88)98-84)99-85-81(94)79(92)78(91)75(70-87)97-85)74(89)68-66-64-62-60-58-56-54-52-50-48-46-44-30-28-26-24-22-20-18-16-14-12-10-8-6-4-2/h5,7,11,13,17,19,23,25,29,31,33-34,73-76,78-85,87-89,91-95H,3-4,6,8-10,12,14-16,18,20-22,24,26-28,30,32,35-72H2,1-2H3,(H,86,90)/b7-5-,13-11-,19-17-,25-23-,31-29-,34-33-. The van der Waals surface area contributed by atoms with Gasteiger partial charge in [0.2, 0.25) is 5.91 Å². The van der Waals surface area contributed by atoms with Crippen molar-refractivity contribution in [3.8, 4) is 0 Å². The Morgan fingerprint density at radius 3 is 1.07 bits per heavy atom. The fourth-order valence-corrected chi connectivity index (χ4v) is 13.7. The molecule has 14 heteroatoms. The second-order valence-electron chi connectivity index (χ2n) is 29.2. The van der Waals surface area contributed by atoms with Crippen LogP contribution in [-0.4, -0.2) is 140 Å². The van der Waals surface area contributed by atoms with Gasteiger partial charge in [0.25, 0.3) is 0 Å². The zero-order valence-corrected chi connectivity index (χ0v) is 63.5. The SMILES string of the molecule is CC/C=C\C/C=C\C/C=C\C/C=C\C/C=C\C/C=C\CCCCCCCCCCCCCCCCCCCCCCC(=O)NC(COC1OC(CO)C(OC2OC(CO)C(O)C(O)C2O)C(O)C1O)C(O)CCCCCCCCCCCCCCCCCCCCCCCCCCCC. The summed E-state index contributed by atoms with van der Waals surface area (Å²) in [5.74, 6) is -0.200. The Kier molecular flexibility index (Phi) is 64.0. The molecule has 2 aliphatic heterocycles. The minimum atomic E-state index is -1.78. The van der Waals surface area contributed by atoms with E-state index in [4.69, 9.17) is 18.9 Å². The Labute approximate surface area is 606 Å². The van der Waals surface area contributed by atoms with E-state index in [0.717, 1.165) is 89.9 Å². The molecule has 2 aliphatic rings. The van der Waals surface area contributed by atoms with Crippen LogP contribution in [0.5, 0.6) is 0 Å². The Hall–Kier alpha value is -2.57. The van der Waals surface area contributed by atoms with Crippen LogP contribution < -0.4 is 5.32 Å². The first-order chi connectivity index (χ1) is 48.6. The molecule has 2 heterocycles. The van der Waals surface area contributed by atoms with Crippen molar-refractivity contribution in [2.24, 2.45) is 0 Å². The zero-order valence-electron chi connectivity index (χ0n) is 63.5. The summed E-state index contributed by atoms with van der Waals surface area (Å²) >= 11 is 0. The molecule has 0 aromatic carbocycles. The third-order valence-electron chi connectivity index (χ3n) is 20.2. The number of unbranched alkanes of at least 4 members (excludes halogenated alkanes) is 45. The van der Waals surface area contributed by atoms with Crippen LogP contribution in [0.2, 0.25) is 0 Å². The molecule has 1 amide bonds. The lowest BCUT2D eigenvalue weighted by Crippen LogP contribution is -2.65. The maximum absolute atomic E-state index is 13.4. The molecule has 0 aromatic heterocycles. The van der Waals surface area contributed by atoms with Crippen LogP contribution in [0, 0.1) is 0 Å². The van der Waals surface area contributed by atoms with Crippen molar-refractivity contribution in [1.82, 2.24) is 5.32 Å². The summed E-state index contributed by atoms with van der Waals surface area (Å²) < 4.78 is 23.0. The van der Waals surface area contributed by atoms with E-state index in [1.165, 1.54) is 250 Å². The molecule has 0 aliphatic carbocycles. The molecule has 0 aromatic rings. The fourth-order valence-electron chi connectivity index (χ4n) is 13.7. The van der Waals surface area contributed by atoms with Crippen molar-refractivity contribution < 1.29 is 64.6 Å². The monoisotopic (exact) mass is 1400 g/mol. The number of amides is 1. The molecule has 578 valence electrons. The molecule has 2 rings (SSSR count). The minimum Gasteiger partial charge on any atom is -0.394 e. The van der Waals surface area contributed by atoms with Crippen molar-refractivity contribution in [2.45, 2.75) is 441 Å². The molecular formula is C85H155NO13. The normalized spacial score (nSPS) is 22.3. The first-order valence-corrected chi connectivity index (χ1v) is 41.7. The number of hydrogen-bond acceptors (Lipinski definition) is 13. The number of carbonyl (C=O) groups is 1. The van der Waals surface area contributed by atoms with Gasteiger partial charge in [-0.3, -0.25) is 4.79 Å². The van der Waals surface area contributed by atoms with Crippen LogP contribution in [0.15, 0.2) is 72.9 Å². The summed E-state index contributed by atoms with van der Waals surface area (Å²) in [6, 6.07) is -0.831. The first-order valence-electron chi connectivity index (χ1n) is 41.7. The molecule has 12 atom stereocenters. The van der Waals surface area contributed by atoms with Crippen molar-refractivity contribution in [1.29, 1.82) is 0 Å². The summed E-state index contributed by atoms with van der Waals surface area (Å²) in [4.78, 5) is 13.4. The van der Waals surface area contributed by atoms with Crippen molar-refractivity contribution in [3.63, 3.8) is 0 Å². The number of ether oxygens (including phenoxy) is 4. The van der Waals surface area contributed by atoms with Crippen molar-refractivity contribution >= 4 is 5.91 Å². The van der Waals surface area contributed by atoms with Gasteiger partial charge in [0.1, 0.15) is 48.8 Å². The maximum atomic E-state index is 13.4. The Morgan fingerprint density at radius 2 is 0.697 bits per heavy atom. The fraction of sp³-hybridized carbons (Fsp3) is 0.847. The van der Waals surface area contributed by atoms with Gasteiger partial charge in [-0.1, -0.05) is 369 Å². The van der Waals surface area contributed by atoms with E-state index in [2.05, 4.69) is 92.1 Å². The molecule has 2 saturated heterocycles. The van der Waals surface area contributed by atoms with Gasteiger partial charge in [-0.25, -0.2) is 0 Å². The predicted octanol–water partition coefficient (Wildman–Crippen LogP) is 19.3.